The molecule has 1 atom stereocenters. The van der Waals surface area contributed by atoms with Crippen LogP contribution in [0.4, 0.5) is 32.0 Å². The Morgan fingerprint density at radius 1 is 1.00 bits per heavy atom. The molecule has 1 heterocycles. The first-order valence-electron chi connectivity index (χ1n) is 12.7. The highest BCUT2D eigenvalue weighted by Gasteiger charge is 2.47. The van der Waals surface area contributed by atoms with Crippen LogP contribution < -0.4 is 0 Å². The number of carbonyl (C=O) groups excluding carboxylic acids is 1. The van der Waals surface area contributed by atoms with Gasteiger partial charge in [-0.05, 0) is 48.9 Å². The van der Waals surface area contributed by atoms with Crippen LogP contribution in [0.15, 0.2) is 59.5 Å². The lowest BCUT2D eigenvalue weighted by molar-refractivity contribution is -0.385. The molecule has 0 aromatic heterocycles. The van der Waals surface area contributed by atoms with Gasteiger partial charge in [0.05, 0.1) is 45.9 Å². The van der Waals surface area contributed by atoms with Gasteiger partial charge in [0, 0.05) is 29.8 Å². The average Bonchev–Trinajstić information content (AvgIpc) is 2.96. The third-order valence-corrected chi connectivity index (χ3v) is 8.96. The first-order valence-corrected chi connectivity index (χ1v) is 14.8. The summed E-state index contributed by atoms with van der Waals surface area (Å²) in [5, 5.41) is 11.7. The maximum atomic E-state index is 13.6. The summed E-state index contributed by atoms with van der Waals surface area (Å²) >= 11 is 12.3. The molecule has 1 fully saturated rings. The fourth-order valence-corrected chi connectivity index (χ4v) is 6.25. The number of morpholine rings is 1. The molecule has 0 spiro atoms. The topological polar surface area (TPSA) is 116 Å². The van der Waals surface area contributed by atoms with E-state index in [0.29, 0.717) is 0 Å². The number of ether oxygens (including phenoxy) is 1. The number of hydrogen-bond donors (Lipinski definition) is 0. The fourth-order valence-electron chi connectivity index (χ4n) is 4.78. The Hall–Kier alpha value is -3.44. The van der Waals surface area contributed by atoms with E-state index >= 15 is 0 Å². The third kappa shape index (κ3) is 7.04. The third-order valence-electron chi connectivity index (χ3n) is 6.78. The number of nitro benzene ring substituents is 1. The van der Waals surface area contributed by atoms with Crippen LogP contribution in [0.1, 0.15) is 39.5 Å². The molecule has 1 amide bonds. The highest BCUT2D eigenvalue weighted by molar-refractivity contribution is 7.86. The van der Waals surface area contributed by atoms with Crippen LogP contribution in [-0.4, -0.2) is 50.5 Å². The number of nitro groups is 1. The smallest absolute Gasteiger partial charge is 0.362 e. The van der Waals surface area contributed by atoms with Crippen molar-refractivity contribution in [1.82, 2.24) is 4.90 Å². The number of nitrogens with zero attached hydrogens (tertiary/aromatic N) is 2. The summed E-state index contributed by atoms with van der Waals surface area (Å²) in [5.74, 6) is -1.29. The van der Waals surface area contributed by atoms with Crippen molar-refractivity contribution in [2.45, 2.75) is 29.8 Å². The second-order valence-corrected chi connectivity index (χ2v) is 12.0. The minimum Gasteiger partial charge on any atom is -0.362 e. The SMILES string of the molecule is CCOS(=O)(=O)c1ccc([N+](=O)[O-])cc1C1(c2ccc(Cl)c(Cl)c2)CN(C(=O)c2cc(C(F)(F)F)cc(C(F)(F)F)c2)CCO1. The fraction of sp³-hybridized carbons (Fsp3) is 0.296. The van der Waals surface area contributed by atoms with Gasteiger partial charge in [-0.25, -0.2) is 0 Å². The van der Waals surface area contributed by atoms with Gasteiger partial charge in [-0.2, -0.15) is 34.8 Å². The minimum atomic E-state index is -5.24. The summed E-state index contributed by atoms with van der Waals surface area (Å²) in [6.07, 6.45) is -10.5. The Balaban J connectivity index is 1.97. The van der Waals surface area contributed by atoms with Gasteiger partial charge in [-0.1, -0.05) is 29.3 Å². The molecule has 1 aliphatic heterocycles. The predicted molar refractivity (Wildman–Crippen MR) is 147 cm³/mol. The van der Waals surface area contributed by atoms with E-state index in [1.807, 2.05) is 0 Å². The highest BCUT2D eigenvalue weighted by Crippen LogP contribution is 2.44. The van der Waals surface area contributed by atoms with Gasteiger partial charge in [-0.15, -0.1) is 0 Å². The number of rotatable bonds is 7. The number of non-ortho nitro benzene ring substituents is 1. The Morgan fingerprint density at radius 3 is 2.16 bits per heavy atom. The maximum absolute atomic E-state index is 13.6. The van der Waals surface area contributed by atoms with Crippen molar-refractivity contribution < 1.29 is 53.4 Å². The molecule has 0 bridgehead atoms. The summed E-state index contributed by atoms with van der Waals surface area (Å²) in [6, 6.07) is 6.80. The molecular formula is C27H20Cl2F6N2O7S. The van der Waals surface area contributed by atoms with E-state index in [2.05, 4.69) is 0 Å². The van der Waals surface area contributed by atoms with E-state index in [9.17, 15) is 49.7 Å². The molecule has 0 aliphatic carbocycles. The summed E-state index contributed by atoms with van der Waals surface area (Å²) in [6.45, 7) is -0.548. The number of amides is 1. The van der Waals surface area contributed by atoms with Crippen molar-refractivity contribution >= 4 is 44.9 Å². The number of benzene rings is 3. The van der Waals surface area contributed by atoms with Crippen LogP contribution >= 0.6 is 23.2 Å². The van der Waals surface area contributed by atoms with Crippen LogP contribution in [0.2, 0.25) is 10.0 Å². The molecule has 18 heteroatoms. The predicted octanol–water partition coefficient (Wildman–Crippen LogP) is 7.08. The van der Waals surface area contributed by atoms with E-state index in [1.54, 1.807) is 0 Å². The zero-order chi connectivity index (χ0) is 33.5. The van der Waals surface area contributed by atoms with Crippen LogP contribution in [0.5, 0.6) is 0 Å². The van der Waals surface area contributed by atoms with Crippen LogP contribution in [0.25, 0.3) is 0 Å². The molecule has 242 valence electrons. The van der Waals surface area contributed by atoms with Gasteiger partial charge >= 0.3 is 12.4 Å². The molecule has 1 aliphatic rings. The van der Waals surface area contributed by atoms with E-state index in [-0.39, 0.29) is 47.0 Å². The molecular weight excluding hydrogens is 681 g/mol. The van der Waals surface area contributed by atoms with Crippen molar-refractivity contribution in [1.29, 1.82) is 0 Å². The van der Waals surface area contributed by atoms with Crippen molar-refractivity contribution in [3.63, 3.8) is 0 Å². The summed E-state index contributed by atoms with van der Waals surface area (Å²) in [5.41, 5.74) is -7.59. The summed E-state index contributed by atoms with van der Waals surface area (Å²) < 4.78 is 119. The summed E-state index contributed by atoms with van der Waals surface area (Å²) in [7, 11) is -4.65. The lowest BCUT2D eigenvalue weighted by Gasteiger charge is -2.44. The minimum absolute atomic E-state index is 0.00266. The van der Waals surface area contributed by atoms with Gasteiger partial charge in [0.2, 0.25) is 0 Å². The largest absolute Gasteiger partial charge is 0.416 e. The molecule has 3 aromatic rings. The van der Waals surface area contributed by atoms with Gasteiger partial charge < -0.3 is 9.64 Å². The lowest BCUT2D eigenvalue weighted by atomic mass is 9.84. The van der Waals surface area contributed by atoms with Crippen LogP contribution in [0, 0.1) is 10.1 Å². The van der Waals surface area contributed by atoms with Crippen LogP contribution in [0.3, 0.4) is 0 Å². The zero-order valence-corrected chi connectivity index (χ0v) is 25.0. The molecule has 45 heavy (non-hydrogen) atoms. The first kappa shape index (κ1) is 34.4. The number of hydrogen-bond acceptors (Lipinski definition) is 7. The van der Waals surface area contributed by atoms with Gasteiger partial charge in [0.25, 0.3) is 21.7 Å². The molecule has 3 aromatic carbocycles. The van der Waals surface area contributed by atoms with E-state index in [4.69, 9.17) is 32.1 Å². The van der Waals surface area contributed by atoms with Crippen molar-refractivity contribution in [3.8, 4) is 0 Å². The molecule has 0 N–H and O–H groups in total. The molecule has 1 unspecified atom stereocenters. The lowest BCUT2D eigenvalue weighted by Crippen LogP contribution is -2.53. The number of carbonyl (C=O) groups is 1. The standard InChI is InChI=1S/C27H20Cl2F6N2O7S/c1-2-44-45(41,42)23-6-4-19(37(39)40)13-20(23)25(16-3-5-21(28)22(29)12-16)14-36(7-8-43-25)24(38)15-9-17(26(30,31)32)11-18(10-15)27(33,34)35/h3-6,9-13H,2,7-8,14H2,1H3. The van der Waals surface area contributed by atoms with E-state index in [0.717, 1.165) is 23.1 Å². The molecule has 1 saturated heterocycles. The summed E-state index contributed by atoms with van der Waals surface area (Å²) in [4.78, 5) is 24.8. The van der Waals surface area contributed by atoms with E-state index < -0.39 is 84.9 Å². The second-order valence-electron chi connectivity index (χ2n) is 9.62. The maximum Gasteiger partial charge on any atom is 0.416 e. The van der Waals surface area contributed by atoms with Crippen molar-refractivity contribution in [2.24, 2.45) is 0 Å². The molecule has 4 rings (SSSR count). The van der Waals surface area contributed by atoms with Gasteiger partial charge in [0.1, 0.15) is 10.5 Å². The average molecular weight is 701 g/mol. The second kappa shape index (κ2) is 12.4. The quantitative estimate of drug-likeness (QED) is 0.112. The number of halogens is 8. The Morgan fingerprint density at radius 2 is 1.62 bits per heavy atom. The molecule has 0 saturated carbocycles. The molecule has 9 nitrogen and oxygen atoms in total. The normalized spacial score (nSPS) is 17.8. The zero-order valence-electron chi connectivity index (χ0n) is 22.7. The number of alkyl halides is 6. The van der Waals surface area contributed by atoms with Crippen molar-refractivity contribution in [2.75, 3.05) is 26.3 Å². The van der Waals surface area contributed by atoms with E-state index in [1.165, 1.54) is 25.1 Å². The Bertz CT molecular complexity index is 1740. The highest BCUT2D eigenvalue weighted by atomic mass is 35.5. The van der Waals surface area contributed by atoms with Crippen LogP contribution in [-0.2, 0) is 37.0 Å². The molecule has 0 radical (unpaired) electrons. The van der Waals surface area contributed by atoms with Crippen molar-refractivity contribution in [3.05, 3.63) is 103 Å². The Kier molecular flexibility index (Phi) is 9.49. The monoisotopic (exact) mass is 700 g/mol. The Labute approximate surface area is 261 Å². The van der Waals surface area contributed by atoms with Gasteiger partial charge in [-0.3, -0.25) is 19.1 Å². The first-order chi connectivity index (χ1) is 20.8. The van der Waals surface area contributed by atoms with Gasteiger partial charge in [0.15, 0.2) is 0 Å².